The van der Waals surface area contributed by atoms with Crippen LogP contribution in [0.2, 0.25) is 0 Å². The number of nitrogens with zero attached hydrogens (tertiary/aromatic N) is 1. The van der Waals surface area contributed by atoms with E-state index in [1.807, 2.05) is 0 Å². The van der Waals surface area contributed by atoms with Gasteiger partial charge >= 0.3 is 12.2 Å². The molecule has 0 aromatic rings. The summed E-state index contributed by atoms with van der Waals surface area (Å²) < 4.78 is 36.2. The number of urea groups is 1. The molecule has 1 N–H and O–H groups in total. The molecule has 1 rings (SSSR count). The van der Waals surface area contributed by atoms with Crippen LogP contribution in [0.25, 0.3) is 0 Å². The molecule has 1 aliphatic rings. The molecular formula is C11H19F3N2O. The highest BCUT2D eigenvalue weighted by atomic mass is 19.4. The van der Waals surface area contributed by atoms with Gasteiger partial charge in [-0.3, -0.25) is 0 Å². The second-order valence-corrected chi connectivity index (χ2v) is 4.88. The van der Waals surface area contributed by atoms with Crippen LogP contribution < -0.4 is 5.32 Å². The Bertz CT molecular complexity index is 260. The van der Waals surface area contributed by atoms with Crippen molar-refractivity contribution in [3.8, 4) is 0 Å². The van der Waals surface area contributed by atoms with Gasteiger partial charge in [-0.25, -0.2) is 4.79 Å². The van der Waals surface area contributed by atoms with Gasteiger partial charge in [0.25, 0.3) is 0 Å². The Kier molecular flexibility index (Phi) is 4.65. The lowest BCUT2D eigenvalue weighted by Crippen LogP contribution is -2.47. The van der Waals surface area contributed by atoms with Gasteiger partial charge in [-0.2, -0.15) is 13.2 Å². The van der Waals surface area contributed by atoms with Crippen LogP contribution in [0.15, 0.2) is 0 Å². The Hall–Kier alpha value is -0.940. The summed E-state index contributed by atoms with van der Waals surface area (Å²) >= 11 is 0. The molecule has 0 heterocycles. The standard InChI is InChI=1S/C11H19F3N2O/c1-8-3-5-9(6-4-8)15-10(17)16(2)7-11(12,13)14/h8-9H,3-7H2,1-2H3,(H,15,17)/t8-,9-. The van der Waals surface area contributed by atoms with Crippen molar-refractivity contribution in [1.82, 2.24) is 10.2 Å². The Balaban J connectivity index is 2.33. The molecule has 100 valence electrons. The van der Waals surface area contributed by atoms with Gasteiger partial charge in [-0.05, 0) is 31.6 Å². The molecule has 6 heteroatoms. The highest BCUT2D eigenvalue weighted by molar-refractivity contribution is 5.74. The lowest BCUT2D eigenvalue weighted by Gasteiger charge is -2.29. The maximum Gasteiger partial charge on any atom is 0.406 e. The van der Waals surface area contributed by atoms with E-state index in [2.05, 4.69) is 12.2 Å². The molecule has 2 amide bonds. The van der Waals surface area contributed by atoms with Crippen LogP contribution in [0.1, 0.15) is 32.6 Å². The van der Waals surface area contributed by atoms with E-state index in [1.165, 1.54) is 0 Å². The van der Waals surface area contributed by atoms with E-state index < -0.39 is 18.8 Å². The van der Waals surface area contributed by atoms with Crippen LogP contribution in [0.3, 0.4) is 0 Å². The van der Waals surface area contributed by atoms with Crippen LogP contribution in [-0.2, 0) is 0 Å². The Labute approximate surface area is 99.4 Å². The third-order valence-corrected chi connectivity index (χ3v) is 3.11. The van der Waals surface area contributed by atoms with E-state index in [9.17, 15) is 18.0 Å². The van der Waals surface area contributed by atoms with Gasteiger partial charge in [0.1, 0.15) is 6.54 Å². The SMILES string of the molecule is CN(CC(F)(F)F)C(=O)N[C@H]1CC[C@H](C)CC1. The summed E-state index contributed by atoms with van der Waals surface area (Å²) in [6.45, 7) is 0.940. The van der Waals surface area contributed by atoms with Gasteiger partial charge in [0.15, 0.2) is 0 Å². The van der Waals surface area contributed by atoms with E-state index >= 15 is 0 Å². The largest absolute Gasteiger partial charge is 0.406 e. The minimum atomic E-state index is -4.34. The zero-order valence-corrected chi connectivity index (χ0v) is 10.2. The summed E-state index contributed by atoms with van der Waals surface area (Å²) in [6, 6.07) is -0.615. The van der Waals surface area contributed by atoms with Crippen molar-refractivity contribution < 1.29 is 18.0 Å². The quantitative estimate of drug-likeness (QED) is 0.805. The first-order valence-electron chi connectivity index (χ1n) is 5.86. The van der Waals surface area contributed by atoms with Crippen molar-refractivity contribution in [2.45, 2.75) is 44.8 Å². The Morgan fingerprint density at radius 2 is 1.82 bits per heavy atom. The number of hydrogen-bond donors (Lipinski definition) is 1. The first-order valence-corrected chi connectivity index (χ1v) is 5.86. The van der Waals surface area contributed by atoms with Crippen molar-refractivity contribution in [2.24, 2.45) is 5.92 Å². The number of hydrogen-bond acceptors (Lipinski definition) is 1. The number of carbonyl (C=O) groups excluding carboxylic acids is 1. The summed E-state index contributed by atoms with van der Waals surface area (Å²) in [6.07, 6.45) is -0.589. The predicted octanol–water partition coefficient (Wildman–Crippen LogP) is 2.77. The first-order chi connectivity index (χ1) is 7.78. The van der Waals surface area contributed by atoms with Crippen molar-refractivity contribution in [2.75, 3.05) is 13.6 Å². The molecule has 1 aliphatic carbocycles. The summed E-state index contributed by atoms with van der Waals surface area (Å²) in [4.78, 5) is 12.2. The Morgan fingerprint density at radius 1 is 1.29 bits per heavy atom. The molecule has 0 bridgehead atoms. The van der Waals surface area contributed by atoms with Crippen molar-refractivity contribution in [1.29, 1.82) is 0 Å². The summed E-state index contributed by atoms with van der Waals surface area (Å²) in [7, 11) is 1.16. The topological polar surface area (TPSA) is 32.3 Å². The number of halogens is 3. The Morgan fingerprint density at radius 3 is 2.29 bits per heavy atom. The highest BCUT2D eigenvalue weighted by Gasteiger charge is 2.32. The molecule has 0 aromatic carbocycles. The molecule has 0 radical (unpaired) electrons. The van der Waals surface area contributed by atoms with E-state index in [-0.39, 0.29) is 6.04 Å². The molecule has 0 aromatic heterocycles. The molecule has 3 nitrogen and oxygen atoms in total. The van der Waals surface area contributed by atoms with Gasteiger partial charge in [0, 0.05) is 13.1 Å². The summed E-state index contributed by atoms with van der Waals surface area (Å²) in [5, 5.41) is 2.65. The van der Waals surface area contributed by atoms with Gasteiger partial charge in [0.05, 0.1) is 0 Å². The lowest BCUT2D eigenvalue weighted by molar-refractivity contribution is -0.137. The first kappa shape index (κ1) is 14.1. The van der Waals surface area contributed by atoms with Crippen LogP contribution in [0.4, 0.5) is 18.0 Å². The van der Waals surface area contributed by atoms with Crippen LogP contribution in [0, 0.1) is 5.92 Å². The second kappa shape index (κ2) is 5.60. The van der Waals surface area contributed by atoms with Crippen molar-refractivity contribution in [3.63, 3.8) is 0 Å². The molecule has 17 heavy (non-hydrogen) atoms. The molecule has 1 saturated carbocycles. The minimum Gasteiger partial charge on any atom is -0.335 e. The number of carbonyl (C=O) groups is 1. The fraction of sp³-hybridized carbons (Fsp3) is 0.909. The van der Waals surface area contributed by atoms with E-state index in [0.717, 1.165) is 32.7 Å². The predicted molar refractivity (Wildman–Crippen MR) is 58.6 cm³/mol. The highest BCUT2D eigenvalue weighted by Crippen LogP contribution is 2.23. The van der Waals surface area contributed by atoms with Crippen molar-refractivity contribution >= 4 is 6.03 Å². The molecule has 1 fully saturated rings. The van der Waals surface area contributed by atoms with Gasteiger partial charge in [0.2, 0.25) is 0 Å². The lowest BCUT2D eigenvalue weighted by atomic mass is 9.87. The summed E-state index contributed by atoms with van der Waals surface area (Å²) in [5.74, 6) is 0.649. The van der Waals surface area contributed by atoms with Gasteiger partial charge in [-0.15, -0.1) is 0 Å². The normalized spacial score (nSPS) is 25.5. The maximum atomic E-state index is 12.1. The van der Waals surface area contributed by atoms with E-state index in [4.69, 9.17) is 0 Å². The van der Waals surface area contributed by atoms with Crippen LogP contribution in [0.5, 0.6) is 0 Å². The number of amides is 2. The minimum absolute atomic E-state index is 0.0226. The number of alkyl halides is 3. The fourth-order valence-corrected chi connectivity index (χ4v) is 2.03. The zero-order chi connectivity index (χ0) is 13.1. The van der Waals surface area contributed by atoms with Crippen LogP contribution >= 0.6 is 0 Å². The molecule has 0 spiro atoms. The van der Waals surface area contributed by atoms with E-state index in [0.29, 0.717) is 10.8 Å². The smallest absolute Gasteiger partial charge is 0.335 e. The maximum absolute atomic E-state index is 12.1. The summed E-state index contributed by atoms with van der Waals surface area (Å²) in [5.41, 5.74) is 0. The molecule has 0 unspecified atom stereocenters. The average Bonchev–Trinajstić information content (AvgIpc) is 2.19. The van der Waals surface area contributed by atoms with Crippen LogP contribution in [-0.4, -0.2) is 36.7 Å². The van der Waals surface area contributed by atoms with Gasteiger partial charge < -0.3 is 10.2 Å². The number of rotatable bonds is 2. The molecule has 0 saturated heterocycles. The van der Waals surface area contributed by atoms with Gasteiger partial charge in [-0.1, -0.05) is 6.92 Å². The van der Waals surface area contributed by atoms with Crippen molar-refractivity contribution in [3.05, 3.63) is 0 Å². The molecule has 0 aliphatic heterocycles. The zero-order valence-electron chi connectivity index (χ0n) is 10.2. The number of nitrogens with one attached hydrogen (secondary N) is 1. The molecular weight excluding hydrogens is 233 g/mol. The third kappa shape index (κ3) is 5.28. The third-order valence-electron chi connectivity index (χ3n) is 3.11. The molecule has 0 atom stereocenters. The fourth-order valence-electron chi connectivity index (χ4n) is 2.03. The average molecular weight is 252 g/mol. The monoisotopic (exact) mass is 252 g/mol. The second-order valence-electron chi connectivity index (χ2n) is 4.88. The van der Waals surface area contributed by atoms with E-state index in [1.54, 1.807) is 0 Å².